The Bertz CT molecular complexity index is 1090. The molecule has 0 spiro atoms. The van der Waals surface area contributed by atoms with Crippen molar-refractivity contribution in [3.8, 4) is 17.0 Å². The van der Waals surface area contributed by atoms with Crippen molar-refractivity contribution in [2.24, 2.45) is 5.73 Å². The molecule has 1 atom stereocenters. The monoisotopic (exact) mass is 436 g/mol. The highest BCUT2D eigenvalue weighted by molar-refractivity contribution is 6.30. The predicted molar refractivity (Wildman–Crippen MR) is 102 cm³/mol. The van der Waals surface area contributed by atoms with E-state index in [0.717, 1.165) is 12.1 Å². The standard InChI is InChI=1S/C20H15ClF2N2O5/c1-2-28-20(27)17(30-14-8-7-12(22)15(16(14)23)18(24)26)19-25-13(9-29-19)10-3-5-11(21)6-4-10/h3-9,17H,2H2,1H3,(H2,24,26). The van der Waals surface area contributed by atoms with Gasteiger partial charge in [-0.25, -0.2) is 18.6 Å². The average molecular weight is 437 g/mol. The van der Waals surface area contributed by atoms with Crippen LogP contribution in [0, 0.1) is 11.6 Å². The maximum Gasteiger partial charge on any atom is 0.357 e. The molecule has 10 heteroatoms. The Morgan fingerprint density at radius 2 is 1.90 bits per heavy atom. The Hall–Kier alpha value is -3.46. The van der Waals surface area contributed by atoms with E-state index >= 15 is 0 Å². The fourth-order valence-electron chi connectivity index (χ4n) is 2.56. The second-order valence-electron chi connectivity index (χ2n) is 5.93. The third-order valence-electron chi connectivity index (χ3n) is 3.93. The summed E-state index contributed by atoms with van der Waals surface area (Å²) in [6, 6.07) is 8.35. The van der Waals surface area contributed by atoms with Gasteiger partial charge in [-0.15, -0.1) is 0 Å². The zero-order valence-electron chi connectivity index (χ0n) is 15.5. The summed E-state index contributed by atoms with van der Waals surface area (Å²) in [5, 5.41) is 0.521. The summed E-state index contributed by atoms with van der Waals surface area (Å²) < 4.78 is 43.9. The molecule has 30 heavy (non-hydrogen) atoms. The first kappa shape index (κ1) is 21.3. The van der Waals surface area contributed by atoms with Crippen molar-refractivity contribution in [3.05, 3.63) is 70.8 Å². The van der Waals surface area contributed by atoms with Gasteiger partial charge < -0.3 is 19.6 Å². The highest BCUT2D eigenvalue weighted by Crippen LogP contribution is 2.30. The largest absolute Gasteiger partial charge is 0.466 e. The first-order chi connectivity index (χ1) is 14.3. The normalized spacial score (nSPS) is 11.7. The van der Waals surface area contributed by atoms with Gasteiger partial charge in [0.05, 0.1) is 6.61 Å². The summed E-state index contributed by atoms with van der Waals surface area (Å²) in [5.74, 6) is -5.62. The Morgan fingerprint density at radius 3 is 2.53 bits per heavy atom. The molecule has 0 fully saturated rings. The SMILES string of the molecule is CCOC(=O)C(Oc1ccc(F)c(C(N)=O)c1F)c1nc(-c2ccc(Cl)cc2)co1. The van der Waals surface area contributed by atoms with Gasteiger partial charge >= 0.3 is 5.97 Å². The minimum atomic E-state index is -1.62. The number of primary amides is 1. The molecule has 0 aliphatic rings. The minimum absolute atomic E-state index is 0.00186. The molecule has 0 saturated heterocycles. The molecular formula is C20H15ClF2N2O5. The summed E-state index contributed by atoms with van der Waals surface area (Å²) in [6.07, 6.45) is -0.351. The van der Waals surface area contributed by atoms with E-state index < -0.39 is 40.9 Å². The number of ether oxygens (including phenoxy) is 2. The molecule has 2 N–H and O–H groups in total. The molecule has 3 rings (SSSR count). The van der Waals surface area contributed by atoms with E-state index in [-0.39, 0.29) is 12.5 Å². The molecule has 1 aromatic heterocycles. The number of nitrogens with two attached hydrogens (primary N) is 1. The molecule has 1 heterocycles. The van der Waals surface area contributed by atoms with Gasteiger partial charge in [-0.2, -0.15) is 0 Å². The molecule has 0 aliphatic heterocycles. The summed E-state index contributed by atoms with van der Waals surface area (Å²) in [5.41, 5.74) is 5.01. The van der Waals surface area contributed by atoms with Crippen LogP contribution >= 0.6 is 11.6 Å². The number of esters is 1. The summed E-state index contributed by atoms with van der Waals surface area (Å²) >= 11 is 5.86. The lowest BCUT2D eigenvalue weighted by Gasteiger charge is -2.16. The predicted octanol–water partition coefficient (Wildman–Crippen LogP) is 4.06. The molecule has 7 nitrogen and oxygen atoms in total. The van der Waals surface area contributed by atoms with Gasteiger partial charge in [-0.05, 0) is 31.2 Å². The quantitative estimate of drug-likeness (QED) is 0.560. The molecule has 0 bridgehead atoms. The number of rotatable bonds is 7. The number of hydrogen-bond donors (Lipinski definition) is 1. The van der Waals surface area contributed by atoms with Gasteiger partial charge in [0, 0.05) is 10.6 Å². The summed E-state index contributed by atoms with van der Waals surface area (Å²) in [4.78, 5) is 27.9. The molecule has 1 unspecified atom stereocenters. The number of hydrogen-bond acceptors (Lipinski definition) is 6. The van der Waals surface area contributed by atoms with Crippen LogP contribution in [0.5, 0.6) is 5.75 Å². The van der Waals surface area contributed by atoms with Crippen LogP contribution in [0.15, 0.2) is 47.1 Å². The van der Waals surface area contributed by atoms with Gasteiger partial charge in [0.2, 0.25) is 5.89 Å². The van der Waals surface area contributed by atoms with Crippen LogP contribution in [-0.2, 0) is 9.53 Å². The number of amides is 1. The van der Waals surface area contributed by atoms with E-state index in [2.05, 4.69) is 4.98 Å². The topological polar surface area (TPSA) is 105 Å². The van der Waals surface area contributed by atoms with Crippen LogP contribution in [0.25, 0.3) is 11.3 Å². The molecule has 1 amide bonds. The third kappa shape index (κ3) is 4.41. The maximum absolute atomic E-state index is 14.5. The fraction of sp³-hybridized carbons (Fsp3) is 0.150. The maximum atomic E-state index is 14.5. The van der Waals surface area contributed by atoms with E-state index in [0.29, 0.717) is 16.3 Å². The van der Waals surface area contributed by atoms with Crippen molar-refractivity contribution < 1.29 is 32.3 Å². The molecule has 0 radical (unpaired) electrons. The molecule has 156 valence electrons. The fourth-order valence-corrected chi connectivity index (χ4v) is 2.68. The molecular weight excluding hydrogens is 422 g/mol. The number of carbonyl (C=O) groups is 2. The second-order valence-corrected chi connectivity index (χ2v) is 6.36. The lowest BCUT2D eigenvalue weighted by molar-refractivity contribution is -0.152. The Balaban J connectivity index is 1.97. The minimum Gasteiger partial charge on any atom is -0.466 e. The lowest BCUT2D eigenvalue weighted by atomic mass is 10.1. The first-order valence-corrected chi connectivity index (χ1v) is 9.02. The molecule has 2 aromatic carbocycles. The van der Waals surface area contributed by atoms with Crippen molar-refractivity contribution in [1.29, 1.82) is 0 Å². The van der Waals surface area contributed by atoms with E-state index in [1.54, 1.807) is 31.2 Å². The number of carbonyl (C=O) groups excluding carboxylic acids is 2. The first-order valence-electron chi connectivity index (χ1n) is 8.64. The third-order valence-corrected chi connectivity index (χ3v) is 4.19. The van der Waals surface area contributed by atoms with E-state index in [1.165, 1.54) is 6.26 Å². The van der Waals surface area contributed by atoms with Crippen LogP contribution < -0.4 is 10.5 Å². The van der Waals surface area contributed by atoms with Gasteiger partial charge in [-0.3, -0.25) is 4.79 Å². The van der Waals surface area contributed by atoms with E-state index in [9.17, 15) is 18.4 Å². The zero-order valence-corrected chi connectivity index (χ0v) is 16.3. The number of nitrogens with zero attached hydrogens (tertiary/aromatic N) is 1. The molecule has 0 saturated carbocycles. The van der Waals surface area contributed by atoms with Gasteiger partial charge in [0.25, 0.3) is 12.0 Å². The van der Waals surface area contributed by atoms with Crippen molar-refractivity contribution >= 4 is 23.5 Å². The highest BCUT2D eigenvalue weighted by atomic mass is 35.5. The highest BCUT2D eigenvalue weighted by Gasteiger charge is 2.32. The van der Waals surface area contributed by atoms with Crippen molar-refractivity contribution in [2.75, 3.05) is 6.61 Å². The van der Waals surface area contributed by atoms with E-state index in [1.807, 2.05) is 0 Å². The molecule has 0 aliphatic carbocycles. The summed E-state index contributed by atoms with van der Waals surface area (Å²) in [7, 11) is 0. The van der Waals surface area contributed by atoms with E-state index in [4.69, 9.17) is 31.2 Å². The van der Waals surface area contributed by atoms with Crippen LogP contribution in [0.1, 0.15) is 29.3 Å². The van der Waals surface area contributed by atoms with Crippen LogP contribution in [-0.4, -0.2) is 23.5 Å². The number of benzene rings is 2. The van der Waals surface area contributed by atoms with Crippen LogP contribution in [0.3, 0.4) is 0 Å². The number of halogens is 3. The van der Waals surface area contributed by atoms with Crippen molar-refractivity contribution in [1.82, 2.24) is 4.98 Å². The van der Waals surface area contributed by atoms with Gasteiger partial charge in [-0.1, -0.05) is 23.7 Å². The Morgan fingerprint density at radius 1 is 1.20 bits per heavy atom. The second kappa shape index (κ2) is 8.91. The zero-order chi connectivity index (χ0) is 21.8. The average Bonchev–Trinajstić information content (AvgIpc) is 3.17. The Kier molecular flexibility index (Phi) is 6.31. The lowest BCUT2D eigenvalue weighted by Crippen LogP contribution is -2.23. The van der Waals surface area contributed by atoms with Gasteiger partial charge in [0.15, 0.2) is 11.6 Å². The Labute approximate surface area is 174 Å². The number of oxazole rings is 1. The molecule has 3 aromatic rings. The van der Waals surface area contributed by atoms with Crippen molar-refractivity contribution in [3.63, 3.8) is 0 Å². The van der Waals surface area contributed by atoms with Gasteiger partial charge in [0.1, 0.15) is 23.3 Å². The number of aromatic nitrogens is 1. The smallest absolute Gasteiger partial charge is 0.357 e. The van der Waals surface area contributed by atoms with Crippen LogP contribution in [0.2, 0.25) is 5.02 Å². The summed E-state index contributed by atoms with van der Waals surface area (Å²) in [6.45, 7) is 1.56. The van der Waals surface area contributed by atoms with Crippen molar-refractivity contribution in [2.45, 2.75) is 13.0 Å². The van der Waals surface area contributed by atoms with Crippen LogP contribution in [0.4, 0.5) is 8.78 Å².